The van der Waals surface area contributed by atoms with Gasteiger partial charge in [0, 0.05) is 17.3 Å². The number of amides is 2. The number of ether oxygens (including phenoxy) is 1. The predicted octanol–water partition coefficient (Wildman–Crippen LogP) is 3.64. The van der Waals surface area contributed by atoms with Crippen molar-refractivity contribution in [1.29, 1.82) is 0 Å². The van der Waals surface area contributed by atoms with Gasteiger partial charge in [-0.15, -0.1) is 11.3 Å². The smallest absolute Gasteiger partial charge is 0.234 e. The molecule has 0 spiro atoms. The van der Waals surface area contributed by atoms with Crippen LogP contribution in [0.5, 0.6) is 5.75 Å². The van der Waals surface area contributed by atoms with Gasteiger partial charge in [-0.05, 0) is 67.4 Å². The van der Waals surface area contributed by atoms with Gasteiger partial charge in [0.1, 0.15) is 5.75 Å². The third-order valence-electron chi connectivity index (χ3n) is 6.03. The van der Waals surface area contributed by atoms with Gasteiger partial charge >= 0.3 is 0 Å². The van der Waals surface area contributed by atoms with Crippen LogP contribution in [0, 0.1) is 11.8 Å². The Morgan fingerprint density at radius 2 is 1.88 bits per heavy atom. The first-order valence-corrected chi connectivity index (χ1v) is 12.3. The number of hydrogen-bond donors (Lipinski definition) is 2. The highest BCUT2D eigenvalue weighted by Gasteiger charge is 2.26. The van der Waals surface area contributed by atoms with E-state index in [4.69, 9.17) is 4.74 Å². The summed E-state index contributed by atoms with van der Waals surface area (Å²) >= 11 is 1.72. The zero-order valence-corrected chi connectivity index (χ0v) is 20.1. The molecule has 0 saturated carbocycles. The molecule has 1 aliphatic rings. The first-order valence-electron chi connectivity index (χ1n) is 11.4. The van der Waals surface area contributed by atoms with Crippen LogP contribution in [0.4, 0.5) is 0 Å². The van der Waals surface area contributed by atoms with Gasteiger partial charge in [-0.3, -0.25) is 14.5 Å². The molecule has 2 heterocycles. The van der Waals surface area contributed by atoms with Crippen molar-refractivity contribution in [2.24, 2.45) is 11.8 Å². The summed E-state index contributed by atoms with van der Waals surface area (Å²) < 4.78 is 5.23. The number of methoxy groups -OCH3 is 1. The third kappa shape index (κ3) is 7.07. The highest BCUT2D eigenvalue weighted by atomic mass is 32.1. The molecular weight excluding hydrogens is 422 g/mol. The van der Waals surface area contributed by atoms with Crippen molar-refractivity contribution in [2.45, 2.75) is 39.2 Å². The summed E-state index contributed by atoms with van der Waals surface area (Å²) in [5, 5.41) is 8.32. The van der Waals surface area contributed by atoms with Crippen molar-refractivity contribution < 1.29 is 14.3 Å². The Labute approximate surface area is 195 Å². The Morgan fingerprint density at radius 1 is 1.16 bits per heavy atom. The molecule has 1 unspecified atom stereocenters. The zero-order valence-electron chi connectivity index (χ0n) is 19.3. The maximum Gasteiger partial charge on any atom is 0.234 e. The summed E-state index contributed by atoms with van der Waals surface area (Å²) in [6.45, 7) is 6.81. The quantitative estimate of drug-likeness (QED) is 0.571. The van der Waals surface area contributed by atoms with Crippen LogP contribution in [0.25, 0.3) is 0 Å². The van der Waals surface area contributed by atoms with Crippen LogP contribution >= 0.6 is 11.3 Å². The predicted molar refractivity (Wildman–Crippen MR) is 129 cm³/mol. The fourth-order valence-electron chi connectivity index (χ4n) is 4.13. The summed E-state index contributed by atoms with van der Waals surface area (Å²) in [6, 6.07) is 12.0. The van der Waals surface area contributed by atoms with Crippen molar-refractivity contribution in [1.82, 2.24) is 15.5 Å². The van der Waals surface area contributed by atoms with Crippen molar-refractivity contribution in [3.63, 3.8) is 0 Å². The van der Waals surface area contributed by atoms with Crippen LogP contribution in [0.3, 0.4) is 0 Å². The molecule has 32 heavy (non-hydrogen) atoms. The molecule has 174 valence electrons. The molecule has 1 saturated heterocycles. The van der Waals surface area contributed by atoms with E-state index >= 15 is 0 Å². The summed E-state index contributed by atoms with van der Waals surface area (Å²) in [5.41, 5.74) is 1.08. The SMILES string of the molecule is COc1ccc(C(NC(=O)CN2CCC(C(=O)NCCc3cccs3)CC2)C(C)C)cc1. The molecule has 0 aliphatic carbocycles. The number of nitrogens with one attached hydrogen (secondary N) is 2. The summed E-state index contributed by atoms with van der Waals surface area (Å²) in [7, 11) is 1.65. The Kier molecular flexibility index (Phi) is 9.11. The van der Waals surface area contributed by atoms with E-state index in [0.717, 1.165) is 43.7 Å². The highest BCUT2D eigenvalue weighted by molar-refractivity contribution is 7.09. The maximum atomic E-state index is 12.7. The Hall–Kier alpha value is -2.38. The summed E-state index contributed by atoms with van der Waals surface area (Å²) in [4.78, 5) is 28.6. The topological polar surface area (TPSA) is 70.7 Å². The lowest BCUT2D eigenvalue weighted by Crippen LogP contribution is -2.45. The van der Waals surface area contributed by atoms with E-state index in [1.807, 2.05) is 30.3 Å². The Bertz CT molecular complexity index is 844. The number of benzene rings is 1. The van der Waals surface area contributed by atoms with Crippen molar-refractivity contribution in [3.05, 3.63) is 52.2 Å². The van der Waals surface area contributed by atoms with E-state index in [1.165, 1.54) is 4.88 Å². The molecule has 3 rings (SSSR count). The molecule has 1 fully saturated rings. The lowest BCUT2D eigenvalue weighted by molar-refractivity contribution is -0.127. The van der Waals surface area contributed by atoms with E-state index in [2.05, 4.69) is 40.8 Å². The Balaban J connectivity index is 1.41. The van der Waals surface area contributed by atoms with Crippen LogP contribution in [-0.2, 0) is 16.0 Å². The van der Waals surface area contributed by atoms with Gasteiger partial charge in [0.15, 0.2) is 0 Å². The van der Waals surface area contributed by atoms with Gasteiger partial charge in [0.2, 0.25) is 11.8 Å². The highest BCUT2D eigenvalue weighted by Crippen LogP contribution is 2.24. The maximum absolute atomic E-state index is 12.7. The van der Waals surface area contributed by atoms with Crippen molar-refractivity contribution in [2.75, 3.05) is 33.3 Å². The van der Waals surface area contributed by atoms with Gasteiger partial charge in [0.25, 0.3) is 0 Å². The molecule has 0 bridgehead atoms. The van der Waals surface area contributed by atoms with Crippen LogP contribution in [-0.4, -0.2) is 50.0 Å². The first kappa shape index (κ1) is 24.3. The van der Waals surface area contributed by atoms with E-state index in [1.54, 1.807) is 18.4 Å². The normalized spacial score (nSPS) is 16.0. The molecular formula is C25H35N3O3S. The molecule has 2 N–H and O–H groups in total. The molecule has 1 aromatic carbocycles. The second-order valence-corrected chi connectivity index (χ2v) is 9.77. The number of likely N-dealkylation sites (tertiary alicyclic amines) is 1. The second-order valence-electron chi connectivity index (χ2n) is 8.73. The molecule has 2 aromatic rings. The van der Waals surface area contributed by atoms with Gasteiger partial charge < -0.3 is 15.4 Å². The van der Waals surface area contributed by atoms with Crippen LogP contribution in [0.1, 0.15) is 43.2 Å². The lowest BCUT2D eigenvalue weighted by Gasteiger charge is -2.31. The summed E-state index contributed by atoms with van der Waals surface area (Å²) in [5.74, 6) is 1.29. The van der Waals surface area contributed by atoms with Crippen molar-refractivity contribution in [3.8, 4) is 5.75 Å². The number of piperidine rings is 1. The van der Waals surface area contributed by atoms with E-state index in [-0.39, 0.29) is 29.7 Å². The second kappa shape index (κ2) is 12.0. The third-order valence-corrected chi connectivity index (χ3v) is 6.97. The van der Waals surface area contributed by atoms with E-state index in [0.29, 0.717) is 13.1 Å². The number of carbonyl (C=O) groups is 2. The molecule has 1 aromatic heterocycles. The van der Waals surface area contributed by atoms with Gasteiger partial charge in [-0.2, -0.15) is 0 Å². The number of rotatable bonds is 10. The fraction of sp³-hybridized carbons (Fsp3) is 0.520. The largest absolute Gasteiger partial charge is 0.497 e. The number of thiophene rings is 1. The molecule has 0 radical (unpaired) electrons. The van der Waals surface area contributed by atoms with Crippen LogP contribution in [0.2, 0.25) is 0 Å². The molecule has 7 heteroatoms. The van der Waals surface area contributed by atoms with Crippen LogP contribution < -0.4 is 15.4 Å². The van der Waals surface area contributed by atoms with Crippen molar-refractivity contribution >= 4 is 23.2 Å². The minimum atomic E-state index is -0.0416. The monoisotopic (exact) mass is 457 g/mol. The van der Waals surface area contributed by atoms with Gasteiger partial charge in [-0.1, -0.05) is 32.0 Å². The standard InChI is InChI=1S/C25H35N3O3S/c1-18(2)24(19-6-8-21(31-3)9-7-19)27-23(29)17-28-14-11-20(12-15-28)25(30)26-13-10-22-5-4-16-32-22/h4-9,16,18,20,24H,10-15,17H2,1-3H3,(H,26,30)(H,27,29). The van der Waals surface area contributed by atoms with Gasteiger partial charge in [0.05, 0.1) is 19.7 Å². The fourth-order valence-corrected chi connectivity index (χ4v) is 4.84. The molecule has 2 amide bonds. The first-order chi connectivity index (χ1) is 15.5. The number of hydrogen-bond acceptors (Lipinski definition) is 5. The molecule has 1 aliphatic heterocycles. The Morgan fingerprint density at radius 3 is 2.47 bits per heavy atom. The average molecular weight is 458 g/mol. The molecule has 6 nitrogen and oxygen atoms in total. The minimum Gasteiger partial charge on any atom is -0.497 e. The summed E-state index contributed by atoms with van der Waals surface area (Å²) in [6.07, 6.45) is 2.47. The van der Waals surface area contributed by atoms with E-state index in [9.17, 15) is 9.59 Å². The molecule has 1 atom stereocenters. The minimum absolute atomic E-state index is 0.0263. The average Bonchev–Trinajstić information content (AvgIpc) is 3.31. The zero-order chi connectivity index (χ0) is 22.9. The van der Waals surface area contributed by atoms with Crippen LogP contribution in [0.15, 0.2) is 41.8 Å². The number of nitrogens with zero attached hydrogens (tertiary/aromatic N) is 1. The lowest BCUT2D eigenvalue weighted by atomic mass is 9.95. The van der Waals surface area contributed by atoms with E-state index < -0.39 is 0 Å². The number of carbonyl (C=O) groups excluding carboxylic acids is 2. The van der Waals surface area contributed by atoms with Gasteiger partial charge in [-0.25, -0.2) is 0 Å².